The molecule has 59 heavy (non-hydrogen) atoms. The highest BCUT2D eigenvalue weighted by atomic mass is 16.4. The number of fused-ring (bicyclic) bond motifs is 8. The van der Waals surface area contributed by atoms with E-state index in [0.717, 1.165) is 44.9 Å². The average Bonchev–Trinajstić information content (AvgIpc) is 4.05. The minimum atomic E-state index is -0.868. The fraction of sp³-hybridized carbons (Fsp3) is 0.796. The van der Waals surface area contributed by atoms with Gasteiger partial charge in [-0.05, 0) is 188 Å². The van der Waals surface area contributed by atoms with E-state index in [9.17, 15) is 14.7 Å². The number of carboxylic acids is 1. The lowest BCUT2D eigenvalue weighted by molar-refractivity contribution is -0.228. The van der Waals surface area contributed by atoms with Crippen molar-refractivity contribution in [3.8, 4) is 0 Å². The smallest absolute Gasteiger partial charge is 0.335 e. The van der Waals surface area contributed by atoms with Crippen LogP contribution in [0.25, 0.3) is 5.57 Å². The maximum Gasteiger partial charge on any atom is 0.335 e. The lowest BCUT2D eigenvalue weighted by Crippen LogP contribution is -2.68. The zero-order valence-corrected chi connectivity index (χ0v) is 38.1. The number of ketones is 1. The molecule has 1 aromatic rings. The molecule has 0 radical (unpaired) electrons. The van der Waals surface area contributed by atoms with E-state index in [1.807, 2.05) is 12.1 Å². The number of amides is 1. The largest absolute Gasteiger partial charge is 0.478 e. The Balaban J connectivity index is 0.910. The molecule has 0 bridgehead atoms. The van der Waals surface area contributed by atoms with Gasteiger partial charge in [0.2, 0.25) is 5.91 Å². The number of hydrogen-bond donors (Lipinski definition) is 2. The molecule has 0 spiro atoms. The quantitative estimate of drug-likeness (QED) is 0.288. The van der Waals surface area contributed by atoms with Gasteiger partial charge in [-0.25, -0.2) is 4.79 Å². The summed E-state index contributed by atoms with van der Waals surface area (Å²) in [6.07, 6.45) is 25.1. The zero-order valence-electron chi connectivity index (χ0n) is 38.1. The number of allylic oxidation sites excluding steroid dienone is 2. The summed E-state index contributed by atoms with van der Waals surface area (Å²) in [5, 5.41) is 13.4. The van der Waals surface area contributed by atoms with Gasteiger partial charge in [-0.3, -0.25) is 9.59 Å². The number of carbonyl (C=O) groups excluding carboxylic acids is 2. The van der Waals surface area contributed by atoms with Crippen molar-refractivity contribution in [2.24, 2.45) is 84.7 Å². The second-order valence-electron chi connectivity index (χ2n) is 25.1. The lowest BCUT2D eigenvalue weighted by atomic mass is 9.32. The van der Waals surface area contributed by atoms with Gasteiger partial charge in [-0.1, -0.05) is 99.3 Å². The highest BCUT2D eigenvalue weighted by Gasteiger charge is 2.74. The molecule has 0 aromatic heterocycles. The molecule has 13 atom stereocenters. The molecule has 1 aromatic carbocycles. The Morgan fingerprint density at radius 1 is 0.678 bits per heavy atom. The molecule has 9 aliphatic rings. The van der Waals surface area contributed by atoms with Crippen LogP contribution in [0.4, 0.5) is 0 Å². The van der Waals surface area contributed by atoms with E-state index in [1.165, 1.54) is 88.2 Å². The molecule has 8 saturated carbocycles. The minimum absolute atomic E-state index is 0.0121. The van der Waals surface area contributed by atoms with Crippen LogP contribution in [0.15, 0.2) is 30.3 Å². The summed E-state index contributed by atoms with van der Waals surface area (Å²) in [6.45, 7) is 20.2. The lowest BCUT2D eigenvalue weighted by Gasteiger charge is -2.72. The van der Waals surface area contributed by atoms with Crippen LogP contribution in [0, 0.1) is 84.7 Å². The summed E-state index contributed by atoms with van der Waals surface area (Å²) in [4.78, 5) is 41.4. The van der Waals surface area contributed by atoms with Crippen molar-refractivity contribution in [1.29, 1.82) is 0 Å². The molecule has 4 unspecified atom stereocenters. The Morgan fingerprint density at radius 3 is 2.10 bits per heavy atom. The fourth-order valence-corrected chi connectivity index (χ4v) is 18.2. The Morgan fingerprint density at radius 2 is 1.41 bits per heavy atom. The molecule has 5 heteroatoms. The third kappa shape index (κ3) is 5.48. The van der Waals surface area contributed by atoms with Gasteiger partial charge < -0.3 is 10.4 Å². The Kier molecular flexibility index (Phi) is 8.99. The van der Waals surface area contributed by atoms with Crippen LogP contribution in [0.1, 0.15) is 193 Å². The van der Waals surface area contributed by atoms with E-state index in [-0.39, 0.29) is 49.9 Å². The second-order valence-corrected chi connectivity index (χ2v) is 25.1. The maximum atomic E-state index is 15.3. The number of Topliss-reactive ketones (excluding diaryl/α,β-unsaturated/α-hetero) is 1. The summed E-state index contributed by atoms with van der Waals surface area (Å²) < 4.78 is 0. The first-order valence-corrected chi connectivity index (χ1v) is 24.7. The number of nitrogens with one attached hydrogen (secondary N) is 1. The summed E-state index contributed by atoms with van der Waals surface area (Å²) in [6, 6.07) is 7.71. The molecule has 5 nitrogen and oxygen atoms in total. The van der Waals surface area contributed by atoms with Crippen LogP contribution < -0.4 is 5.32 Å². The van der Waals surface area contributed by atoms with Crippen molar-refractivity contribution in [3.05, 3.63) is 41.5 Å². The van der Waals surface area contributed by atoms with Crippen LogP contribution in [-0.2, 0) is 9.59 Å². The van der Waals surface area contributed by atoms with Gasteiger partial charge in [-0.15, -0.1) is 0 Å². The fourth-order valence-electron chi connectivity index (χ4n) is 18.2. The van der Waals surface area contributed by atoms with E-state index in [2.05, 4.69) is 66.8 Å². The van der Waals surface area contributed by atoms with Gasteiger partial charge in [0.1, 0.15) is 5.78 Å². The van der Waals surface area contributed by atoms with Gasteiger partial charge in [0.25, 0.3) is 0 Å². The molecule has 0 aliphatic heterocycles. The molecule has 10 rings (SSSR count). The number of rotatable bonds is 7. The van der Waals surface area contributed by atoms with Gasteiger partial charge in [0.15, 0.2) is 0 Å². The van der Waals surface area contributed by atoms with Crippen LogP contribution in [-0.4, -0.2) is 28.8 Å². The second kappa shape index (κ2) is 13.1. The first-order chi connectivity index (χ1) is 27.8. The summed E-state index contributed by atoms with van der Waals surface area (Å²) in [5.74, 6) is 3.59. The van der Waals surface area contributed by atoms with Crippen molar-refractivity contribution in [2.75, 3.05) is 0 Å². The van der Waals surface area contributed by atoms with Crippen molar-refractivity contribution < 1.29 is 19.5 Å². The summed E-state index contributed by atoms with van der Waals surface area (Å²) >= 11 is 0. The monoisotopic (exact) mass is 804 g/mol. The van der Waals surface area contributed by atoms with Crippen molar-refractivity contribution in [2.45, 2.75) is 183 Å². The van der Waals surface area contributed by atoms with Crippen molar-refractivity contribution in [3.63, 3.8) is 0 Å². The van der Waals surface area contributed by atoms with E-state index >= 15 is 4.79 Å². The molecular weight excluding hydrogens is 727 g/mol. The Hall–Kier alpha value is -2.43. The molecule has 1 amide bonds. The molecule has 9 aliphatic carbocycles. The first kappa shape index (κ1) is 40.6. The number of carbonyl (C=O) groups is 3. The molecule has 2 N–H and O–H groups in total. The van der Waals surface area contributed by atoms with Crippen LogP contribution in [0.3, 0.4) is 0 Å². The maximum absolute atomic E-state index is 15.3. The third-order valence-corrected chi connectivity index (χ3v) is 22.4. The number of carboxylic acid groups (broad SMARTS) is 1. The normalized spacial score (nSPS) is 47.2. The van der Waals surface area contributed by atoms with E-state index in [1.54, 1.807) is 12.1 Å². The number of benzene rings is 1. The van der Waals surface area contributed by atoms with Crippen LogP contribution >= 0.6 is 0 Å². The SMILES string of the molecule is CC1([C@@H]2CC[C@]3(C(=O)N[C@@H]4C[C@H](C(=O)C56CCCCCCC5C6)C4(C)C)CC[C@]4(C)[C@H](CCC5[C@@]6(C)CC=C(c7ccc(C(=O)O)cc7)C(C)(C)[C@@H]6CC[C@]54C)C23)CC1. The highest BCUT2D eigenvalue weighted by Crippen LogP contribution is 2.79. The molecule has 322 valence electrons. The molecule has 0 saturated heterocycles. The van der Waals surface area contributed by atoms with E-state index in [4.69, 9.17) is 0 Å². The van der Waals surface area contributed by atoms with Crippen LogP contribution in [0.5, 0.6) is 0 Å². The summed E-state index contributed by atoms with van der Waals surface area (Å²) in [7, 11) is 0. The van der Waals surface area contributed by atoms with Gasteiger partial charge in [0, 0.05) is 17.4 Å². The molecule has 8 fully saturated rings. The third-order valence-electron chi connectivity index (χ3n) is 22.4. The van der Waals surface area contributed by atoms with Gasteiger partial charge in [0.05, 0.1) is 11.0 Å². The predicted octanol–water partition coefficient (Wildman–Crippen LogP) is 12.7. The van der Waals surface area contributed by atoms with Gasteiger partial charge >= 0.3 is 5.97 Å². The average molecular weight is 804 g/mol. The summed E-state index contributed by atoms with van der Waals surface area (Å²) in [5.41, 5.74) is 3.38. The van der Waals surface area contributed by atoms with E-state index < -0.39 is 5.97 Å². The topological polar surface area (TPSA) is 83.5 Å². The minimum Gasteiger partial charge on any atom is -0.478 e. The van der Waals surface area contributed by atoms with Crippen molar-refractivity contribution in [1.82, 2.24) is 5.32 Å². The Bertz CT molecular complexity index is 1950. The highest BCUT2D eigenvalue weighted by molar-refractivity contribution is 5.92. The van der Waals surface area contributed by atoms with Crippen LogP contribution in [0.2, 0.25) is 0 Å². The number of hydrogen-bond acceptors (Lipinski definition) is 3. The molecule has 0 heterocycles. The standard InChI is InChI=1S/C54H77NO4/c1-47(2)36(33-14-16-34(17-15-33)45(57)58)20-24-50(6)40(47)22-25-52(8)41(50)19-18-38-43-37(49(5)27-28-49)21-26-53(43,30-29-51(38,52)7)46(59)55-42-31-39(48(42,3)4)44(56)54-23-12-10-9-11-13-35(54)32-54/h14-17,20,35,37-43H,9-13,18-19,21-32H2,1-8H3,(H,55,59)(H,57,58)/t35?,37-,38-,39-,40+,41?,42-,43?,50+,51-,52-,53+,54?/m1/s1. The van der Waals surface area contributed by atoms with E-state index in [0.29, 0.717) is 58.2 Å². The number of aromatic carboxylic acids is 1. The van der Waals surface area contributed by atoms with Crippen molar-refractivity contribution >= 4 is 23.2 Å². The molecular formula is C54H77NO4. The Labute approximate surface area is 356 Å². The van der Waals surface area contributed by atoms with Gasteiger partial charge in [-0.2, -0.15) is 0 Å². The first-order valence-electron chi connectivity index (χ1n) is 24.7. The zero-order chi connectivity index (χ0) is 41.8. The predicted molar refractivity (Wildman–Crippen MR) is 235 cm³/mol.